The zero-order valence-electron chi connectivity index (χ0n) is 8.17. The van der Waals surface area contributed by atoms with Crippen LogP contribution in [0, 0.1) is 0 Å². The molecule has 2 amide bonds. The first-order valence-electron chi connectivity index (χ1n) is 4.41. The van der Waals surface area contributed by atoms with E-state index in [1.807, 2.05) is 38.1 Å². The Labute approximate surface area is 92.0 Å². The average molecular weight is 257 g/mol. The Morgan fingerprint density at radius 2 is 2.14 bits per heavy atom. The molecule has 0 atom stereocenters. The van der Waals surface area contributed by atoms with Crippen molar-refractivity contribution in [1.82, 2.24) is 5.32 Å². The molecule has 0 aliphatic carbocycles. The second-order valence-electron chi connectivity index (χ2n) is 3.26. The number of hydrogen-bond donors (Lipinski definition) is 2. The molecule has 3 nitrogen and oxygen atoms in total. The fourth-order valence-electron chi connectivity index (χ4n) is 0.996. The summed E-state index contributed by atoms with van der Waals surface area (Å²) in [6.07, 6.45) is 0. The van der Waals surface area contributed by atoms with Gasteiger partial charge in [-0.3, -0.25) is 0 Å². The standard InChI is InChI=1S/C10H13BrN2O/c1-7(2)12-10(14)13-9-5-3-4-8(11)6-9/h3-7H,1-2H3,(H2,12,13,14). The van der Waals surface area contributed by atoms with Crippen molar-refractivity contribution in [1.29, 1.82) is 0 Å². The van der Waals surface area contributed by atoms with Crippen LogP contribution in [0.2, 0.25) is 0 Å². The number of benzene rings is 1. The quantitative estimate of drug-likeness (QED) is 0.840. The highest BCUT2D eigenvalue weighted by Crippen LogP contribution is 2.15. The number of urea groups is 1. The normalized spacial score (nSPS) is 10.0. The molecule has 0 unspecified atom stereocenters. The van der Waals surface area contributed by atoms with Gasteiger partial charge in [0.2, 0.25) is 0 Å². The maximum absolute atomic E-state index is 11.3. The van der Waals surface area contributed by atoms with Crippen molar-refractivity contribution in [2.75, 3.05) is 5.32 Å². The molecule has 76 valence electrons. The fraction of sp³-hybridized carbons (Fsp3) is 0.300. The van der Waals surface area contributed by atoms with Crippen LogP contribution in [0.5, 0.6) is 0 Å². The number of carbonyl (C=O) groups excluding carboxylic acids is 1. The molecule has 1 rings (SSSR count). The molecule has 0 spiro atoms. The third kappa shape index (κ3) is 3.79. The molecular formula is C10H13BrN2O. The van der Waals surface area contributed by atoms with Crippen LogP contribution in [0.25, 0.3) is 0 Å². The molecule has 14 heavy (non-hydrogen) atoms. The summed E-state index contributed by atoms with van der Waals surface area (Å²) < 4.78 is 0.944. The van der Waals surface area contributed by atoms with E-state index in [-0.39, 0.29) is 12.1 Å². The lowest BCUT2D eigenvalue weighted by molar-refractivity contribution is 0.250. The first-order valence-corrected chi connectivity index (χ1v) is 5.20. The highest BCUT2D eigenvalue weighted by atomic mass is 79.9. The van der Waals surface area contributed by atoms with Crippen LogP contribution in [0.4, 0.5) is 10.5 Å². The number of halogens is 1. The molecule has 0 radical (unpaired) electrons. The highest BCUT2D eigenvalue weighted by molar-refractivity contribution is 9.10. The number of carbonyl (C=O) groups is 1. The van der Waals surface area contributed by atoms with Gasteiger partial charge in [0.25, 0.3) is 0 Å². The summed E-state index contributed by atoms with van der Waals surface area (Å²) in [7, 11) is 0. The Morgan fingerprint density at radius 3 is 2.71 bits per heavy atom. The van der Waals surface area contributed by atoms with Gasteiger partial charge in [-0.25, -0.2) is 4.79 Å². The number of anilines is 1. The van der Waals surface area contributed by atoms with Crippen molar-refractivity contribution in [2.45, 2.75) is 19.9 Å². The summed E-state index contributed by atoms with van der Waals surface area (Å²) in [5, 5.41) is 5.48. The molecule has 0 fully saturated rings. The summed E-state index contributed by atoms with van der Waals surface area (Å²) in [5.41, 5.74) is 0.775. The molecule has 0 heterocycles. The number of amides is 2. The molecule has 0 aromatic heterocycles. The first-order chi connectivity index (χ1) is 6.58. The van der Waals surface area contributed by atoms with E-state index in [1.165, 1.54) is 0 Å². The van der Waals surface area contributed by atoms with Gasteiger partial charge >= 0.3 is 6.03 Å². The first kappa shape index (κ1) is 11.0. The third-order valence-electron chi connectivity index (χ3n) is 1.50. The predicted molar refractivity (Wildman–Crippen MR) is 61.4 cm³/mol. The van der Waals surface area contributed by atoms with Gasteiger partial charge < -0.3 is 10.6 Å². The Bertz CT molecular complexity index is 326. The van der Waals surface area contributed by atoms with E-state index >= 15 is 0 Å². The molecule has 0 aliphatic rings. The average Bonchev–Trinajstić information content (AvgIpc) is 2.01. The van der Waals surface area contributed by atoms with E-state index in [4.69, 9.17) is 0 Å². The second kappa shape index (κ2) is 5.00. The molecule has 2 N–H and O–H groups in total. The Kier molecular flexibility index (Phi) is 3.95. The smallest absolute Gasteiger partial charge is 0.319 e. The largest absolute Gasteiger partial charge is 0.336 e. The van der Waals surface area contributed by atoms with Crippen LogP contribution < -0.4 is 10.6 Å². The lowest BCUT2D eigenvalue weighted by atomic mass is 10.3. The summed E-state index contributed by atoms with van der Waals surface area (Å²) in [6.45, 7) is 3.83. The van der Waals surface area contributed by atoms with E-state index in [0.29, 0.717) is 0 Å². The van der Waals surface area contributed by atoms with E-state index in [1.54, 1.807) is 0 Å². The van der Waals surface area contributed by atoms with Crippen LogP contribution in [0.3, 0.4) is 0 Å². The Morgan fingerprint density at radius 1 is 1.43 bits per heavy atom. The van der Waals surface area contributed by atoms with Crippen LogP contribution >= 0.6 is 15.9 Å². The van der Waals surface area contributed by atoms with Gasteiger partial charge in [0.1, 0.15) is 0 Å². The maximum Gasteiger partial charge on any atom is 0.319 e. The molecule has 0 aliphatic heterocycles. The zero-order chi connectivity index (χ0) is 10.6. The molecule has 1 aromatic carbocycles. The van der Waals surface area contributed by atoms with Crippen LogP contribution in [0.1, 0.15) is 13.8 Å². The minimum Gasteiger partial charge on any atom is -0.336 e. The lowest BCUT2D eigenvalue weighted by Gasteiger charge is -2.09. The minimum absolute atomic E-state index is 0.141. The molecular weight excluding hydrogens is 244 g/mol. The van der Waals surface area contributed by atoms with E-state index in [0.717, 1.165) is 10.2 Å². The van der Waals surface area contributed by atoms with Gasteiger partial charge in [-0.1, -0.05) is 22.0 Å². The molecule has 1 aromatic rings. The summed E-state index contributed by atoms with van der Waals surface area (Å²) in [6, 6.07) is 7.42. The summed E-state index contributed by atoms with van der Waals surface area (Å²) in [5.74, 6) is 0. The third-order valence-corrected chi connectivity index (χ3v) is 2.00. The van der Waals surface area contributed by atoms with E-state index in [2.05, 4.69) is 26.6 Å². The van der Waals surface area contributed by atoms with Crippen molar-refractivity contribution in [3.05, 3.63) is 28.7 Å². The summed E-state index contributed by atoms with van der Waals surface area (Å²) >= 11 is 3.33. The highest BCUT2D eigenvalue weighted by Gasteiger charge is 2.02. The van der Waals surface area contributed by atoms with Gasteiger partial charge in [-0.05, 0) is 32.0 Å². The maximum atomic E-state index is 11.3. The Balaban J connectivity index is 2.56. The van der Waals surface area contributed by atoms with Crippen molar-refractivity contribution in [3.8, 4) is 0 Å². The van der Waals surface area contributed by atoms with Crippen LogP contribution in [-0.4, -0.2) is 12.1 Å². The lowest BCUT2D eigenvalue weighted by Crippen LogP contribution is -2.34. The minimum atomic E-state index is -0.182. The van der Waals surface area contributed by atoms with Gasteiger partial charge in [0.05, 0.1) is 0 Å². The van der Waals surface area contributed by atoms with Gasteiger partial charge in [0, 0.05) is 16.2 Å². The van der Waals surface area contributed by atoms with Crippen molar-refractivity contribution < 1.29 is 4.79 Å². The summed E-state index contributed by atoms with van der Waals surface area (Å²) in [4.78, 5) is 11.3. The zero-order valence-corrected chi connectivity index (χ0v) is 9.76. The number of rotatable bonds is 2. The Hall–Kier alpha value is -1.03. The van der Waals surface area contributed by atoms with Gasteiger partial charge in [-0.15, -0.1) is 0 Å². The second-order valence-corrected chi connectivity index (χ2v) is 4.18. The van der Waals surface area contributed by atoms with E-state index in [9.17, 15) is 4.79 Å². The molecule has 0 saturated carbocycles. The fourth-order valence-corrected chi connectivity index (χ4v) is 1.39. The van der Waals surface area contributed by atoms with Crippen molar-refractivity contribution >= 4 is 27.6 Å². The molecule has 4 heteroatoms. The van der Waals surface area contributed by atoms with Crippen molar-refractivity contribution in [2.24, 2.45) is 0 Å². The van der Waals surface area contributed by atoms with Gasteiger partial charge in [0.15, 0.2) is 0 Å². The monoisotopic (exact) mass is 256 g/mol. The topological polar surface area (TPSA) is 41.1 Å². The van der Waals surface area contributed by atoms with Crippen LogP contribution in [0.15, 0.2) is 28.7 Å². The number of hydrogen-bond acceptors (Lipinski definition) is 1. The van der Waals surface area contributed by atoms with Crippen molar-refractivity contribution in [3.63, 3.8) is 0 Å². The predicted octanol–water partition coefficient (Wildman–Crippen LogP) is 2.98. The molecule has 0 saturated heterocycles. The van der Waals surface area contributed by atoms with E-state index < -0.39 is 0 Å². The van der Waals surface area contributed by atoms with Gasteiger partial charge in [-0.2, -0.15) is 0 Å². The number of nitrogens with one attached hydrogen (secondary N) is 2. The van der Waals surface area contributed by atoms with Crippen LogP contribution in [-0.2, 0) is 0 Å². The SMILES string of the molecule is CC(C)NC(=O)Nc1cccc(Br)c1. The molecule has 0 bridgehead atoms.